The van der Waals surface area contributed by atoms with E-state index in [4.69, 9.17) is 5.73 Å². The third kappa shape index (κ3) is 3.78. The van der Waals surface area contributed by atoms with Crippen LogP contribution in [0.4, 0.5) is 0 Å². The van der Waals surface area contributed by atoms with Crippen molar-refractivity contribution in [1.29, 1.82) is 0 Å². The van der Waals surface area contributed by atoms with Gasteiger partial charge in [-0.3, -0.25) is 4.79 Å². The number of carbonyl (C=O) groups excluding carboxylic acids is 1. The molecule has 4 N–H and O–H groups in total. The molecule has 0 aliphatic rings. The Morgan fingerprint density at radius 2 is 1.84 bits per heavy atom. The van der Waals surface area contributed by atoms with Crippen LogP contribution in [0, 0.1) is 6.92 Å². The van der Waals surface area contributed by atoms with Gasteiger partial charge in [0.2, 0.25) is 5.91 Å². The van der Waals surface area contributed by atoms with Crippen LogP contribution in [0.25, 0.3) is 0 Å². The molecule has 0 heterocycles. The van der Waals surface area contributed by atoms with E-state index in [-0.39, 0.29) is 12.5 Å². The number of rotatable bonds is 6. The average molecular weight is 264 g/mol. The van der Waals surface area contributed by atoms with Crippen LogP contribution in [0.1, 0.15) is 43.9 Å². The van der Waals surface area contributed by atoms with Gasteiger partial charge < -0.3 is 16.2 Å². The number of aliphatic hydroxyl groups is 1. The molecule has 0 saturated carbocycles. The normalized spacial score (nSPS) is 13.1. The first kappa shape index (κ1) is 15.7. The molecule has 4 nitrogen and oxygen atoms in total. The summed E-state index contributed by atoms with van der Waals surface area (Å²) in [5.41, 5.74) is 7.30. The molecule has 0 radical (unpaired) electrons. The second-order valence-electron chi connectivity index (χ2n) is 5.02. The SMILES string of the molecule is CCC(CC)(CO)NC(=O)C(N)c1ccc(C)cc1. The van der Waals surface area contributed by atoms with Gasteiger partial charge in [-0.2, -0.15) is 0 Å². The van der Waals surface area contributed by atoms with Crippen molar-refractivity contribution in [1.82, 2.24) is 5.32 Å². The Balaban J connectivity index is 2.80. The van der Waals surface area contributed by atoms with E-state index in [2.05, 4.69) is 5.32 Å². The number of hydrogen-bond donors (Lipinski definition) is 3. The maximum absolute atomic E-state index is 12.2. The lowest BCUT2D eigenvalue weighted by Gasteiger charge is -2.32. The summed E-state index contributed by atoms with van der Waals surface area (Å²) in [5.74, 6) is -0.249. The molecule has 4 heteroatoms. The summed E-state index contributed by atoms with van der Waals surface area (Å²) in [4.78, 5) is 12.2. The van der Waals surface area contributed by atoms with Gasteiger partial charge >= 0.3 is 0 Å². The van der Waals surface area contributed by atoms with Crippen molar-refractivity contribution >= 4 is 5.91 Å². The maximum atomic E-state index is 12.2. The van der Waals surface area contributed by atoms with Gasteiger partial charge in [-0.15, -0.1) is 0 Å². The van der Waals surface area contributed by atoms with E-state index in [9.17, 15) is 9.90 Å². The number of benzene rings is 1. The Labute approximate surface area is 115 Å². The van der Waals surface area contributed by atoms with E-state index >= 15 is 0 Å². The van der Waals surface area contributed by atoms with Crippen LogP contribution in [0.2, 0.25) is 0 Å². The second-order valence-corrected chi connectivity index (χ2v) is 5.02. The summed E-state index contributed by atoms with van der Waals surface area (Å²) >= 11 is 0. The first-order chi connectivity index (χ1) is 8.98. The highest BCUT2D eigenvalue weighted by atomic mass is 16.3. The molecular formula is C15H24N2O2. The summed E-state index contributed by atoms with van der Waals surface area (Å²) in [6.45, 7) is 5.79. The predicted octanol–water partition coefficient (Wildman–Crippen LogP) is 1.66. The molecule has 19 heavy (non-hydrogen) atoms. The molecule has 106 valence electrons. The van der Waals surface area contributed by atoms with Gasteiger partial charge in [0.15, 0.2) is 0 Å². The van der Waals surface area contributed by atoms with E-state index < -0.39 is 11.6 Å². The zero-order valence-electron chi connectivity index (χ0n) is 11.9. The van der Waals surface area contributed by atoms with Crippen LogP contribution in [-0.2, 0) is 4.79 Å². The fourth-order valence-corrected chi connectivity index (χ4v) is 1.95. The number of nitrogens with two attached hydrogens (primary N) is 1. The summed E-state index contributed by atoms with van der Waals surface area (Å²) in [6, 6.07) is 6.88. The van der Waals surface area contributed by atoms with Crippen molar-refractivity contribution in [2.24, 2.45) is 5.73 Å². The zero-order valence-corrected chi connectivity index (χ0v) is 11.9. The maximum Gasteiger partial charge on any atom is 0.242 e. The van der Waals surface area contributed by atoms with Crippen molar-refractivity contribution in [3.63, 3.8) is 0 Å². The smallest absolute Gasteiger partial charge is 0.242 e. The molecule has 1 aromatic rings. The number of aliphatic hydroxyl groups excluding tert-OH is 1. The second kappa shape index (κ2) is 6.68. The highest BCUT2D eigenvalue weighted by molar-refractivity contribution is 5.83. The number of aryl methyl sites for hydroxylation is 1. The Morgan fingerprint density at radius 1 is 1.32 bits per heavy atom. The topological polar surface area (TPSA) is 75.3 Å². The molecule has 0 aliphatic heterocycles. The Kier molecular flexibility index (Phi) is 5.51. The zero-order chi connectivity index (χ0) is 14.5. The highest BCUT2D eigenvalue weighted by Gasteiger charge is 2.29. The molecule has 1 amide bonds. The Bertz CT molecular complexity index is 402. The van der Waals surface area contributed by atoms with Crippen LogP contribution < -0.4 is 11.1 Å². The standard InChI is InChI=1S/C15H24N2O2/c1-4-15(5-2,10-18)17-14(19)13(16)12-8-6-11(3)7-9-12/h6-9,13,18H,4-5,10,16H2,1-3H3,(H,17,19). The molecule has 0 aromatic heterocycles. The minimum absolute atomic E-state index is 0.0770. The third-order valence-corrected chi connectivity index (χ3v) is 3.76. The number of carbonyl (C=O) groups is 1. The average Bonchev–Trinajstić information content (AvgIpc) is 2.45. The van der Waals surface area contributed by atoms with Gasteiger partial charge in [0, 0.05) is 0 Å². The summed E-state index contributed by atoms with van der Waals surface area (Å²) < 4.78 is 0. The molecule has 0 fully saturated rings. The Hall–Kier alpha value is -1.39. The van der Waals surface area contributed by atoms with Crippen molar-refractivity contribution in [3.05, 3.63) is 35.4 Å². The quantitative estimate of drug-likeness (QED) is 0.731. The molecule has 1 aromatic carbocycles. The fraction of sp³-hybridized carbons (Fsp3) is 0.533. The first-order valence-electron chi connectivity index (χ1n) is 6.73. The van der Waals surface area contributed by atoms with E-state index in [1.54, 1.807) is 0 Å². The summed E-state index contributed by atoms with van der Waals surface area (Å²) in [5, 5.41) is 12.3. The molecule has 0 bridgehead atoms. The van der Waals surface area contributed by atoms with E-state index in [0.717, 1.165) is 11.1 Å². The summed E-state index contributed by atoms with van der Waals surface area (Å²) in [6.07, 6.45) is 1.35. The number of hydrogen-bond acceptors (Lipinski definition) is 3. The lowest BCUT2D eigenvalue weighted by Crippen LogP contribution is -2.53. The molecule has 0 saturated heterocycles. The minimum atomic E-state index is -0.704. The van der Waals surface area contributed by atoms with Gasteiger partial charge in [-0.25, -0.2) is 0 Å². The van der Waals surface area contributed by atoms with Gasteiger partial charge in [0.05, 0.1) is 12.1 Å². The largest absolute Gasteiger partial charge is 0.394 e. The molecular weight excluding hydrogens is 240 g/mol. The van der Waals surface area contributed by atoms with Crippen LogP contribution in [-0.4, -0.2) is 23.2 Å². The minimum Gasteiger partial charge on any atom is -0.394 e. The predicted molar refractivity (Wildman–Crippen MR) is 76.6 cm³/mol. The molecule has 0 aliphatic carbocycles. The molecule has 0 spiro atoms. The van der Waals surface area contributed by atoms with Crippen molar-refractivity contribution in [2.75, 3.05) is 6.61 Å². The molecule has 1 atom stereocenters. The molecule has 1 rings (SSSR count). The van der Waals surface area contributed by atoms with Gasteiger partial charge in [0.1, 0.15) is 6.04 Å². The van der Waals surface area contributed by atoms with Crippen LogP contribution in [0.5, 0.6) is 0 Å². The van der Waals surface area contributed by atoms with Crippen LogP contribution >= 0.6 is 0 Å². The van der Waals surface area contributed by atoms with E-state index in [1.165, 1.54) is 0 Å². The van der Waals surface area contributed by atoms with Gasteiger partial charge in [-0.1, -0.05) is 43.7 Å². The number of nitrogens with one attached hydrogen (secondary N) is 1. The van der Waals surface area contributed by atoms with E-state index in [0.29, 0.717) is 12.8 Å². The molecule has 1 unspecified atom stereocenters. The number of amides is 1. The monoisotopic (exact) mass is 264 g/mol. The van der Waals surface area contributed by atoms with Gasteiger partial charge in [-0.05, 0) is 25.3 Å². The third-order valence-electron chi connectivity index (χ3n) is 3.76. The van der Waals surface area contributed by atoms with Crippen molar-refractivity contribution in [2.45, 2.75) is 45.2 Å². The van der Waals surface area contributed by atoms with Crippen LogP contribution in [0.3, 0.4) is 0 Å². The van der Waals surface area contributed by atoms with E-state index in [1.807, 2.05) is 45.0 Å². The summed E-state index contributed by atoms with van der Waals surface area (Å²) in [7, 11) is 0. The van der Waals surface area contributed by atoms with Crippen LogP contribution in [0.15, 0.2) is 24.3 Å². The highest BCUT2D eigenvalue weighted by Crippen LogP contribution is 2.17. The van der Waals surface area contributed by atoms with Crippen molar-refractivity contribution in [3.8, 4) is 0 Å². The first-order valence-corrected chi connectivity index (χ1v) is 6.73. The lowest BCUT2D eigenvalue weighted by atomic mass is 9.93. The fourth-order valence-electron chi connectivity index (χ4n) is 1.95. The van der Waals surface area contributed by atoms with Crippen molar-refractivity contribution < 1.29 is 9.90 Å². The van der Waals surface area contributed by atoms with Gasteiger partial charge in [0.25, 0.3) is 0 Å². The Morgan fingerprint density at radius 3 is 2.26 bits per heavy atom. The lowest BCUT2D eigenvalue weighted by molar-refractivity contribution is -0.125.